The Hall–Kier alpha value is -0.770. The predicted octanol–water partition coefficient (Wildman–Crippen LogP) is 6.67. The van der Waals surface area contributed by atoms with Crippen LogP contribution in [0.2, 0.25) is 5.15 Å². The number of aryl methyl sites for hydroxylation is 1. The summed E-state index contributed by atoms with van der Waals surface area (Å²) in [4.78, 5) is 9.34. The number of alkyl halides is 3. The van der Waals surface area contributed by atoms with Crippen molar-refractivity contribution in [1.29, 1.82) is 0 Å². The Kier molecular flexibility index (Phi) is 5.91. The van der Waals surface area contributed by atoms with Crippen LogP contribution in [-0.4, -0.2) is 20.6 Å². The maximum atomic E-state index is 12.9. The molecule has 138 valence electrons. The van der Waals surface area contributed by atoms with Crippen molar-refractivity contribution in [3.8, 4) is 0 Å². The third-order valence-electron chi connectivity index (χ3n) is 3.63. The molecule has 2 aromatic heterocycles. The van der Waals surface area contributed by atoms with Crippen molar-refractivity contribution in [2.75, 3.05) is 11.6 Å². The molecule has 0 aliphatic heterocycles. The van der Waals surface area contributed by atoms with Gasteiger partial charge in [-0.15, -0.1) is 11.8 Å². The average molecular weight is 531 g/mol. The molecular weight excluding hydrogens is 519 g/mol. The Bertz CT molecular complexity index is 980. The maximum absolute atomic E-state index is 12.9. The molecule has 0 aliphatic carbocycles. The minimum absolute atomic E-state index is 0.286. The van der Waals surface area contributed by atoms with E-state index in [1.54, 1.807) is 12.3 Å². The Labute approximate surface area is 171 Å². The normalized spacial score (nSPS) is 12.4. The smallest absolute Gasteiger partial charge is 0.353 e. The number of nitrogens with zero attached hydrogens (tertiary/aromatic N) is 3. The zero-order valence-corrected chi connectivity index (χ0v) is 18.2. The van der Waals surface area contributed by atoms with Gasteiger partial charge in [-0.3, -0.25) is 4.34 Å². The van der Waals surface area contributed by atoms with Crippen LogP contribution in [-0.2, 0) is 6.18 Å². The molecule has 1 N–H and O–H groups in total. The van der Waals surface area contributed by atoms with Crippen molar-refractivity contribution < 1.29 is 13.2 Å². The van der Waals surface area contributed by atoms with Gasteiger partial charge >= 0.3 is 6.18 Å². The summed E-state index contributed by atoms with van der Waals surface area (Å²) in [7, 11) is 0. The fraction of sp³-hybridized carbons (Fsp3) is 0.200. The van der Waals surface area contributed by atoms with Crippen LogP contribution in [0.15, 0.2) is 29.2 Å². The van der Waals surface area contributed by atoms with E-state index in [9.17, 15) is 13.2 Å². The summed E-state index contributed by atoms with van der Waals surface area (Å²) in [6.07, 6.45) is -2.25. The minimum Gasteiger partial charge on any atom is -0.353 e. The summed E-state index contributed by atoms with van der Waals surface area (Å²) in [5.41, 5.74) is 1.74. The van der Waals surface area contributed by atoms with E-state index in [0.717, 1.165) is 18.0 Å². The standard InChI is InChI=1S/C15H12ClF3IN4PS/c1-7-21-13-10(6-12(16)23-14(13)24(7)25-20)22-9-4-3-8(15(17,18)19)5-11(9)26-2/h3-6,25H,1-2H3,(H,22,23). The lowest BCUT2D eigenvalue weighted by molar-refractivity contribution is -0.137. The van der Waals surface area contributed by atoms with Gasteiger partial charge in [0.15, 0.2) is 5.65 Å². The molecule has 0 radical (unpaired) electrons. The van der Waals surface area contributed by atoms with Crippen LogP contribution in [0.25, 0.3) is 11.2 Å². The number of pyridine rings is 1. The van der Waals surface area contributed by atoms with Crippen LogP contribution in [0.3, 0.4) is 0 Å². The van der Waals surface area contributed by atoms with Crippen molar-refractivity contribution in [2.24, 2.45) is 0 Å². The van der Waals surface area contributed by atoms with E-state index in [-0.39, 0.29) is 5.15 Å². The first-order valence-electron chi connectivity index (χ1n) is 7.19. The molecule has 0 spiro atoms. The second-order valence-corrected chi connectivity index (χ2v) is 8.58. The molecular formula is C15H12ClF3IN4PS. The number of fused-ring (bicyclic) bond motifs is 1. The maximum Gasteiger partial charge on any atom is 0.416 e. The molecule has 0 fully saturated rings. The van der Waals surface area contributed by atoms with Crippen molar-refractivity contribution in [2.45, 2.75) is 18.0 Å². The molecule has 3 aromatic rings. The van der Waals surface area contributed by atoms with Gasteiger partial charge in [0, 0.05) is 11.0 Å². The first kappa shape index (κ1) is 20.0. The van der Waals surface area contributed by atoms with E-state index < -0.39 is 11.7 Å². The molecule has 2 heterocycles. The molecule has 4 nitrogen and oxygen atoms in total. The number of anilines is 2. The highest BCUT2D eigenvalue weighted by atomic mass is 127. The van der Waals surface area contributed by atoms with Crippen molar-refractivity contribution in [3.63, 3.8) is 0 Å². The lowest BCUT2D eigenvalue weighted by atomic mass is 10.2. The first-order valence-corrected chi connectivity index (χ1v) is 12.9. The van der Waals surface area contributed by atoms with E-state index in [1.165, 1.54) is 17.8 Å². The largest absolute Gasteiger partial charge is 0.416 e. The quantitative estimate of drug-likeness (QED) is 0.177. The van der Waals surface area contributed by atoms with Crippen molar-refractivity contribution in [1.82, 2.24) is 14.3 Å². The molecule has 0 saturated heterocycles. The number of benzene rings is 1. The molecule has 3 rings (SSSR count). The molecule has 1 unspecified atom stereocenters. The Balaban J connectivity index is 2.09. The Morgan fingerprint density at radius 3 is 2.58 bits per heavy atom. The van der Waals surface area contributed by atoms with Gasteiger partial charge in [-0.05, 0) is 53.4 Å². The van der Waals surface area contributed by atoms with Crippen LogP contribution in [0.4, 0.5) is 24.5 Å². The number of thioether (sulfide) groups is 1. The molecule has 0 bridgehead atoms. The van der Waals surface area contributed by atoms with Gasteiger partial charge in [-0.2, -0.15) is 13.2 Å². The highest BCUT2D eigenvalue weighted by Crippen LogP contribution is 2.38. The number of imidazole rings is 1. The van der Waals surface area contributed by atoms with Gasteiger partial charge in [0.1, 0.15) is 16.5 Å². The number of aromatic nitrogens is 3. The van der Waals surface area contributed by atoms with Crippen LogP contribution < -0.4 is 5.32 Å². The molecule has 26 heavy (non-hydrogen) atoms. The number of rotatable bonds is 4. The molecule has 0 aliphatic rings. The van der Waals surface area contributed by atoms with Crippen LogP contribution in [0.1, 0.15) is 11.4 Å². The second kappa shape index (κ2) is 7.69. The first-order chi connectivity index (χ1) is 12.2. The van der Waals surface area contributed by atoms with E-state index in [1.807, 2.05) is 11.3 Å². The third kappa shape index (κ3) is 3.90. The summed E-state index contributed by atoms with van der Waals surface area (Å²) >= 11 is 9.60. The van der Waals surface area contributed by atoms with Gasteiger partial charge < -0.3 is 5.32 Å². The number of nitrogens with one attached hydrogen (secondary N) is 1. The molecule has 1 atom stereocenters. The molecule has 1 aromatic carbocycles. The van der Waals surface area contributed by atoms with Crippen molar-refractivity contribution in [3.05, 3.63) is 40.8 Å². The van der Waals surface area contributed by atoms with E-state index in [2.05, 4.69) is 37.3 Å². The summed E-state index contributed by atoms with van der Waals surface area (Å²) < 4.78 is 40.8. The highest BCUT2D eigenvalue weighted by Gasteiger charge is 2.31. The van der Waals surface area contributed by atoms with Gasteiger partial charge in [-0.1, -0.05) is 11.6 Å². The predicted molar refractivity (Wildman–Crippen MR) is 112 cm³/mol. The highest BCUT2D eigenvalue weighted by molar-refractivity contribution is 14.2. The lowest BCUT2D eigenvalue weighted by Crippen LogP contribution is -2.05. The van der Waals surface area contributed by atoms with Crippen LogP contribution in [0, 0.1) is 6.92 Å². The summed E-state index contributed by atoms with van der Waals surface area (Å²) in [6.45, 7) is 1.87. The van der Waals surface area contributed by atoms with Crippen LogP contribution in [0.5, 0.6) is 0 Å². The monoisotopic (exact) mass is 530 g/mol. The Morgan fingerprint density at radius 1 is 1.23 bits per heavy atom. The molecule has 0 amide bonds. The lowest BCUT2D eigenvalue weighted by Gasteiger charge is -2.14. The minimum atomic E-state index is -4.38. The van der Waals surface area contributed by atoms with Gasteiger partial charge in [0.2, 0.25) is 0 Å². The fourth-order valence-corrected chi connectivity index (χ4v) is 5.35. The zero-order chi connectivity index (χ0) is 19.1. The van der Waals surface area contributed by atoms with Gasteiger partial charge in [-0.25, -0.2) is 9.97 Å². The zero-order valence-electron chi connectivity index (χ0n) is 13.4. The topological polar surface area (TPSA) is 42.7 Å². The van der Waals surface area contributed by atoms with E-state index in [4.69, 9.17) is 11.6 Å². The summed E-state index contributed by atoms with van der Waals surface area (Å²) in [5, 5.41) is 3.45. The number of hydrogen-bond acceptors (Lipinski definition) is 4. The van der Waals surface area contributed by atoms with E-state index in [0.29, 0.717) is 33.8 Å². The van der Waals surface area contributed by atoms with Gasteiger partial charge in [0.05, 0.1) is 23.3 Å². The number of halogens is 5. The third-order valence-corrected chi connectivity index (χ3v) is 6.76. The number of hydrogen-bond donors (Lipinski definition) is 1. The SMILES string of the molecule is CSc1cc(C(F)(F)F)ccc1Nc1cc(Cl)nc2c1nc(C)n2PI. The summed E-state index contributed by atoms with van der Waals surface area (Å²) in [6, 6.07) is 5.22. The van der Waals surface area contributed by atoms with Crippen LogP contribution >= 0.6 is 51.8 Å². The summed E-state index contributed by atoms with van der Waals surface area (Å²) in [5.74, 6) is 0.794. The molecule has 0 saturated carbocycles. The van der Waals surface area contributed by atoms with Crippen molar-refractivity contribution >= 4 is 74.3 Å². The van der Waals surface area contributed by atoms with E-state index >= 15 is 0 Å². The fourth-order valence-electron chi connectivity index (χ4n) is 2.44. The molecule has 11 heteroatoms. The Morgan fingerprint density at radius 2 is 1.96 bits per heavy atom. The second-order valence-electron chi connectivity index (χ2n) is 5.28. The average Bonchev–Trinajstić information content (AvgIpc) is 2.89. The van der Waals surface area contributed by atoms with Gasteiger partial charge in [0.25, 0.3) is 0 Å².